The van der Waals surface area contributed by atoms with E-state index in [-0.39, 0.29) is 22.3 Å². The van der Waals surface area contributed by atoms with Gasteiger partial charge in [0.1, 0.15) is 0 Å². The molecule has 3 aliphatic carbocycles. The molecule has 0 radical (unpaired) electrons. The second kappa shape index (κ2) is 7.37. The van der Waals surface area contributed by atoms with Crippen LogP contribution in [0.2, 0.25) is 18.1 Å². The maximum Gasteiger partial charge on any atom is 0.192 e. The molecule has 3 aliphatic rings. The lowest BCUT2D eigenvalue weighted by atomic mass is 9.60. The molecule has 3 heteroatoms. The third-order valence-corrected chi connectivity index (χ3v) is 13.7. The summed E-state index contributed by atoms with van der Waals surface area (Å²) in [5.41, 5.74) is -2.23. The molecule has 4 unspecified atom stereocenters. The van der Waals surface area contributed by atoms with Gasteiger partial charge in [0.25, 0.3) is 0 Å². The van der Waals surface area contributed by atoms with Crippen LogP contribution in [0.3, 0.4) is 0 Å². The van der Waals surface area contributed by atoms with Gasteiger partial charge in [0.05, 0.1) is 5.60 Å². The van der Waals surface area contributed by atoms with Gasteiger partial charge in [-0.25, -0.2) is 0 Å². The number of aliphatic hydroxyl groups is 1. The van der Waals surface area contributed by atoms with E-state index in [2.05, 4.69) is 40.8 Å². The van der Waals surface area contributed by atoms with Crippen LogP contribution >= 0.6 is 0 Å². The molecule has 0 aromatic heterocycles. The molecule has 0 bridgehead atoms. The predicted molar refractivity (Wildman–Crippen MR) is 122 cm³/mol. The maximum absolute atomic E-state index is 10.7. The molecular formula is C25H48O2Si. The average molecular weight is 415 g/mol. The van der Waals surface area contributed by atoms with Gasteiger partial charge < -0.3 is 9.53 Å². The Hall–Kier alpha value is 0.137. The van der Waals surface area contributed by atoms with Crippen LogP contribution in [-0.2, 0) is 4.43 Å². The van der Waals surface area contributed by atoms with Crippen LogP contribution in [0.4, 0.5) is 0 Å². The van der Waals surface area contributed by atoms with Crippen molar-refractivity contribution in [3.05, 3.63) is 0 Å². The molecule has 3 fully saturated rings. The summed E-state index contributed by atoms with van der Waals surface area (Å²) in [6.07, 6.45) is 9.57. The molecule has 0 aliphatic heterocycles. The van der Waals surface area contributed by atoms with Crippen molar-refractivity contribution in [3.63, 3.8) is 0 Å². The Morgan fingerprint density at radius 3 is 2.36 bits per heavy atom. The highest BCUT2D eigenvalue weighted by atomic mass is 28.4. The van der Waals surface area contributed by atoms with Crippen molar-refractivity contribution in [2.45, 2.75) is 135 Å². The zero-order valence-corrected chi connectivity index (χ0v) is 20.2. The minimum atomic E-state index is -2.92. The summed E-state index contributed by atoms with van der Waals surface area (Å²) in [6, 6.07) is 0. The molecule has 164 valence electrons. The smallest absolute Gasteiger partial charge is 0.192 e. The van der Waals surface area contributed by atoms with E-state index in [0.29, 0.717) is 24.4 Å². The first-order valence-electron chi connectivity index (χ1n) is 14.6. The summed E-state index contributed by atoms with van der Waals surface area (Å²) in [4.78, 5) is 0. The summed E-state index contributed by atoms with van der Waals surface area (Å²) in [5.74, 6) is 1.14. The summed E-state index contributed by atoms with van der Waals surface area (Å²) in [7, 11) is -1.85. The maximum atomic E-state index is 10.7. The van der Waals surface area contributed by atoms with Gasteiger partial charge in [0.2, 0.25) is 0 Å². The lowest BCUT2D eigenvalue weighted by Gasteiger charge is -2.50. The lowest BCUT2D eigenvalue weighted by molar-refractivity contribution is -0.0282. The quantitative estimate of drug-likeness (QED) is 0.442. The van der Waals surface area contributed by atoms with E-state index in [1.54, 1.807) is 0 Å². The first-order valence-corrected chi connectivity index (χ1v) is 14.5. The fourth-order valence-corrected chi connectivity index (χ4v) is 7.84. The predicted octanol–water partition coefficient (Wildman–Crippen LogP) is 7.31. The van der Waals surface area contributed by atoms with Crippen molar-refractivity contribution >= 4 is 8.32 Å². The monoisotopic (exact) mass is 414 g/mol. The van der Waals surface area contributed by atoms with Crippen LogP contribution in [0.15, 0.2) is 0 Å². The van der Waals surface area contributed by atoms with E-state index in [1.165, 1.54) is 25.7 Å². The Labute approximate surface area is 184 Å². The third-order valence-electron chi connectivity index (χ3n) is 9.16. The molecule has 3 rings (SSSR count). The van der Waals surface area contributed by atoms with Crippen LogP contribution in [0.25, 0.3) is 0 Å². The first-order chi connectivity index (χ1) is 15.2. The molecule has 0 aromatic carbocycles. The van der Waals surface area contributed by atoms with Crippen molar-refractivity contribution in [2.24, 2.45) is 22.7 Å². The third kappa shape index (κ3) is 4.42. The topological polar surface area (TPSA) is 29.5 Å². The molecule has 0 heterocycles. The minimum Gasteiger partial charge on any atom is -0.414 e. The zero-order chi connectivity index (χ0) is 26.0. The van der Waals surface area contributed by atoms with Crippen LogP contribution in [0.1, 0.15) is 114 Å². The molecule has 0 amide bonds. The minimum absolute atomic E-state index is 0.173. The van der Waals surface area contributed by atoms with Gasteiger partial charge in [-0.05, 0) is 106 Å². The standard InChI is InChI=1S/C25H48O2Si/c1-22(2,3)28(7,8)27-20-11-9-15-24(6)19(20)12-13-21(24)25(17-18-25)16-10-14-23(4,5)26/h19-21,26H,9-18H2,1-8H3/i4D3,5D3. The van der Waals surface area contributed by atoms with E-state index < -0.39 is 27.6 Å². The van der Waals surface area contributed by atoms with Gasteiger partial charge in [0, 0.05) is 14.3 Å². The van der Waals surface area contributed by atoms with Gasteiger partial charge in [-0.3, -0.25) is 0 Å². The van der Waals surface area contributed by atoms with Crippen molar-refractivity contribution in [3.8, 4) is 0 Å². The Bertz CT molecular complexity index is 723. The Balaban J connectivity index is 1.71. The molecule has 2 nitrogen and oxygen atoms in total. The van der Waals surface area contributed by atoms with E-state index in [9.17, 15) is 5.11 Å². The molecular weight excluding hydrogens is 360 g/mol. The Kier molecular flexibility index (Phi) is 4.18. The second-order valence-electron chi connectivity index (χ2n) is 12.1. The normalized spacial score (nSPS) is 39.8. The fourth-order valence-electron chi connectivity index (χ4n) is 6.45. The largest absolute Gasteiger partial charge is 0.414 e. The SMILES string of the molecule is [2H]C([2H])([2H])C(O)(CCCC1(C2CCC3C(O[Si](C)(C)C(C)(C)C)CCCC32C)CC1)C([2H])([2H])[2H]. The van der Waals surface area contributed by atoms with Gasteiger partial charge in [-0.15, -0.1) is 0 Å². The molecule has 3 saturated carbocycles. The molecule has 0 aromatic rings. The number of hydrogen-bond donors (Lipinski definition) is 1. The molecule has 0 saturated heterocycles. The van der Waals surface area contributed by atoms with Crippen LogP contribution in [-0.4, -0.2) is 25.1 Å². The van der Waals surface area contributed by atoms with Gasteiger partial charge in [0.15, 0.2) is 8.32 Å². The first kappa shape index (κ1) is 15.9. The van der Waals surface area contributed by atoms with E-state index >= 15 is 0 Å². The number of rotatable bonds is 7. The molecule has 4 atom stereocenters. The summed E-state index contributed by atoms with van der Waals surface area (Å²) >= 11 is 0. The fraction of sp³-hybridized carbons (Fsp3) is 1.00. The van der Waals surface area contributed by atoms with Gasteiger partial charge >= 0.3 is 0 Å². The van der Waals surface area contributed by atoms with Gasteiger partial charge in [-0.1, -0.05) is 40.5 Å². The highest BCUT2D eigenvalue weighted by Gasteiger charge is 2.62. The highest BCUT2D eigenvalue weighted by Crippen LogP contribution is 2.69. The van der Waals surface area contributed by atoms with E-state index in [0.717, 1.165) is 25.7 Å². The van der Waals surface area contributed by atoms with Crippen LogP contribution in [0, 0.1) is 22.7 Å². The number of hydrogen-bond acceptors (Lipinski definition) is 2. The molecule has 28 heavy (non-hydrogen) atoms. The average Bonchev–Trinajstić information content (AvgIpc) is 3.32. The second-order valence-corrected chi connectivity index (χ2v) is 16.9. The van der Waals surface area contributed by atoms with Crippen LogP contribution in [0.5, 0.6) is 0 Å². The summed E-state index contributed by atoms with van der Waals surface area (Å²) < 4.78 is 52.9. The number of fused-ring (bicyclic) bond motifs is 1. The van der Waals surface area contributed by atoms with Crippen molar-refractivity contribution in [1.29, 1.82) is 0 Å². The lowest BCUT2D eigenvalue weighted by Crippen LogP contribution is -2.50. The van der Waals surface area contributed by atoms with Crippen molar-refractivity contribution < 1.29 is 17.8 Å². The Morgan fingerprint density at radius 1 is 1.11 bits per heavy atom. The van der Waals surface area contributed by atoms with Crippen LogP contribution < -0.4 is 0 Å². The molecule has 1 N–H and O–H groups in total. The van der Waals surface area contributed by atoms with E-state index in [1.807, 2.05) is 0 Å². The highest BCUT2D eigenvalue weighted by molar-refractivity contribution is 6.74. The molecule has 0 spiro atoms. The zero-order valence-electron chi connectivity index (χ0n) is 25.2. The summed E-state index contributed by atoms with van der Waals surface area (Å²) in [5, 5.41) is 10.9. The summed E-state index contributed by atoms with van der Waals surface area (Å²) in [6.45, 7) is 8.24. The van der Waals surface area contributed by atoms with Crippen molar-refractivity contribution in [1.82, 2.24) is 0 Å². The van der Waals surface area contributed by atoms with Gasteiger partial charge in [-0.2, -0.15) is 0 Å². The Morgan fingerprint density at radius 2 is 1.79 bits per heavy atom. The van der Waals surface area contributed by atoms with Crippen molar-refractivity contribution in [2.75, 3.05) is 0 Å². The van der Waals surface area contributed by atoms with E-state index in [4.69, 9.17) is 12.7 Å².